The smallest absolute Gasteiger partial charge is 0.272 e. The minimum atomic E-state index is -0.0372. The molecule has 1 aromatic heterocycles. The van der Waals surface area contributed by atoms with E-state index in [1.807, 2.05) is 43.4 Å². The quantitative estimate of drug-likeness (QED) is 0.777. The molecule has 0 aliphatic carbocycles. The van der Waals surface area contributed by atoms with Gasteiger partial charge in [0.05, 0.1) is 0 Å². The molecule has 0 atom stereocenters. The molecule has 0 saturated heterocycles. The lowest BCUT2D eigenvalue weighted by atomic mass is 10.1. The van der Waals surface area contributed by atoms with Gasteiger partial charge in [-0.25, -0.2) is 0 Å². The van der Waals surface area contributed by atoms with Gasteiger partial charge < -0.3 is 10.2 Å². The van der Waals surface area contributed by atoms with Gasteiger partial charge in [-0.05, 0) is 42.7 Å². The molecule has 1 N–H and O–H groups in total. The first-order valence-electron chi connectivity index (χ1n) is 8.30. The summed E-state index contributed by atoms with van der Waals surface area (Å²) >= 11 is 5.89. The fraction of sp³-hybridized carbons (Fsp3) is 0.368. The maximum Gasteiger partial charge on any atom is 0.272 e. The van der Waals surface area contributed by atoms with E-state index in [2.05, 4.69) is 17.2 Å². The van der Waals surface area contributed by atoms with E-state index >= 15 is 0 Å². The number of nitrogens with one attached hydrogen (secondary N) is 1. The Hall–Kier alpha value is -2.07. The third-order valence-corrected chi connectivity index (χ3v) is 4.08. The van der Waals surface area contributed by atoms with Crippen LogP contribution in [-0.4, -0.2) is 35.9 Å². The van der Waals surface area contributed by atoms with E-state index in [-0.39, 0.29) is 5.91 Å². The monoisotopic (exact) mass is 345 g/mol. The molecule has 5 heteroatoms. The van der Waals surface area contributed by atoms with Crippen molar-refractivity contribution >= 4 is 23.2 Å². The van der Waals surface area contributed by atoms with Crippen molar-refractivity contribution in [2.24, 2.45) is 0 Å². The van der Waals surface area contributed by atoms with Gasteiger partial charge in [-0.3, -0.25) is 9.78 Å². The molecule has 2 aromatic rings. The predicted molar refractivity (Wildman–Crippen MR) is 99.8 cm³/mol. The van der Waals surface area contributed by atoms with E-state index in [9.17, 15) is 4.79 Å². The van der Waals surface area contributed by atoms with Gasteiger partial charge in [0.25, 0.3) is 5.91 Å². The van der Waals surface area contributed by atoms with Gasteiger partial charge in [0.15, 0.2) is 0 Å². The summed E-state index contributed by atoms with van der Waals surface area (Å²) in [6, 6.07) is 11.5. The van der Waals surface area contributed by atoms with Crippen LogP contribution in [0.25, 0.3) is 0 Å². The first-order chi connectivity index (χ1) is 11.6. The minimum absolute atomic E-state index is 0.0372. The molecule has 1 heterocycles. The number of rotatable bonds is 8. The van der Waals surface area contributed by atoms with E-state index in [1.165, 1.54) is 5.56 Å². The number of carbonyl (C=O) groups is 1. The zero-order valence-electron chi connectivity index (χ0n) is 14.3. The average Bonchev–Trinajstić information content (AvgIpc) is 2.61. The molecule has 0 spiro atoms. The van der Waals surface area contributed by atoms with Gasteiger partial charge >= 0.3 is 0 Å². The van der Waals surface area contributed by atoms with Crippen molar-refractivity contribution in [3.05, 3.63) is 58.9 Å². The molecule has 0 radical (unpaired) electrons. The van der Waals surface area contributed by atoms with E-state index in [0.717, 1.165) is 43.1 Å². The Labute approximate surface area is 148 Å². The highest BCUT2D eigenvalue weighted by atomic mass is 35.5. The van der Waals surface area contributed by atoms with Crippen molar-refractivity contribution in [2.45, 2.75) is 26.2 Å². The Kier molecular flexibility index (Phi) is 7.07. The summed E-state index contributed by atoms with van der Waals surface area (Å²) in [5.74, 6) is -0.0372. The molecular formula is C19H24ClN3O. The van der Waals surface area contributed by atoms with Crippen LogP contribution in [0.5, 0.6) is 0 Å². The third kappa shape index (κ3) is 5.53. The summed E-state index contributed by atoms with van der Waals surface area (Å²) in [6.45, 7) is 3.65. The maximum absolute atomic E-state index is 12.4. The Morgan fingerprint density at radius 2 is 2.00 bits per heavy atom. The summed E-state index contributed by atoms with van der Waals surface area (Å²) in [6.07, 6.45) is 4.63. The first-order valence-corrected chi connectivity index (χ1v) is 8.67. The number of halogens is 1. The van der Waals surface area contributed by atoms with Crippen molar-refractivity contribution < 1.29 is 4.79 Å². The molecule has 128 valence electrons. The van der Waals surface area contributed by atoms with Gasteiger partial charge in [-0.1, -0.05) is 37.1 Å². The predicted octanol–water partition coefficient (Wildman–Crippen LogP) is 4.26. The molecule has 0 fully saturated rings. The highest BCUT2D eigenvalue weighted by molar-refractivity contribution is 6.30. The van der Waals surface area contributed by atoms with E-state index < -0.39 is 0 Å². The summed E-state index contributed by atoms with van der Waals surface area (Å²) in [5, 5.41) is 4.09. The zero-order valence-corrected chi connectivity index (χ0v) is 15.0. The van der Waals surface area contributed by atoms with Crippen LogP contribution in [0.4, 0.5) is 5.69 Å². The van der Waals surface area contributed by atoms with E-state index in [4.69, 9.17) is 11.6 Å². The number of hydrogen-bond acceptors (Lipinski definition) is 3. The number of hydrogen-bond donors (Lipinski definition) is 1. The van der Waals surface area contributed by atoms with Crippen LogP contribution in [0.3, 0.4) is 0 Å². The largest absolute Gasteiger partial charge is 0.385 e. The first kappa shape index (κ1) is 18.3. The van der Waals surface area contributed by atoms with Crippen LogP contribution in [-0.2, 0) is 6.42 Å². The van der Waals surface area contributed by atoms with Gasteiger partial charge in [0.2, 0.25) is 0 Å². The standard InChI is InChI=1S/C19H24ClN3O/c1-3-4-13-23(2)19(24)18-14-17(10-12-22-18)21-11-9-15-5-7-16(20)8-6-15/h5-8,10,12,14H,3-4,9,11,13H2,1-2H3,(H,21,22). The lowest BCUT2D eigenvalue weighted by Crippen LogP contribution is -2.28. The third-order valence-electron chi connectivity index (χ3n) is 3.83. The number of amides is 1. The fourth-order valence-electron chi connectivity index (χ4n) is 2.35. The van der Waals surface area contributed by atoms with Crippen molar-refractivity contribution in [3.8, 4) is 0 Å². The number of pyridine rings is 1. The Morgan fingerprint density at radius 3 is 2.71 bits per heavy atom. The van der Waals surface area contributed by atoms with Crippen molar-refractivity contribution in [1.82, 2.24) is 9.88 Å². The lowest BCUT2D eigenvalue weighted by molar-refractivity contribution is 0.0787. The second-order valence-corrected chi connectivity index (χ2v) is 6.25. The average molecular weight is 346 g/mol. The second-order valence-electron chi connectivity index (χ2n) is 5.81. The number of carbonyl (C=O) groups excluding carboxylic acids is 1. The molecule has 24 heavy (non-hydrogen) atoms. The molecule has 0 unspecified atom stereocenters. The lowest BCUT2D eigenvalue weighted by Gasteiger charge is -2.16. The van der Waals surface area contributed by atoms with Crippen LogP contribution in [0.15, 0.2) is 42.6 Å². The van der Waals surface area contributed by atoms with Gasteiger partial charge in [0, 0.05) is 37.0 Å². The van der Waals surface area contributed by atoms with Crippen molar-refractivity contribution in [1.29, 1.82) is 0 Å². The second kappa shape index (κ2) is 9.28. The Balaban J connectivity index is 1.90. The number of nitrogens with zero attached hydrogens (tertiary/aromatic N) is 2. The topological polar surface area (TPSA) is 45.2 Å². The molecule has 1 amide bonds. The summed E-state index contributed by atoms with van der Waals surface area (Å²) in [7, 11) is 1.82. The Bertz CT molecular complexity index is 658. The van der Waals surface area contributed by atoms with Gasteiger partial charge in [0.1, 0.15) is 5.69 Å². The number of anilines is 1. The van der Waals surface area contributed by atoms with Crippen LogP contribution in [0.2, 0.25) is 5.02 Å². The normalized spacial score (nSPS) is 10.5. The molecule has 1 aromatic carbocycles. The van der Waals surface area contributed by atoms with E-state index in [0.29, 0.717) is 5.69 Å². The molecule has 4 nitrogen and oxygen atoms in total. The number of aromatic nitrogens is 1. The summed E-state index contributed by atoms with van der Waals surface area (Å²) < 4.78 is 0. The SMILES string of the molecule is CCCCN(C)C(=O)c1cc(NCCc2ccc(Cl)cc2)ccn1. The van der Waals surface area contributed by atoms with Crippen molar-refractivity contribution in [2.75, 3.05) is 25.5 Å². The zero-order chi connectivity index (χ0) is 17.4. The summed E-state index contributed by atoms with van der Waals surface area (Å²) in [5.41, 5.74) is 2.60. The van der Waals surface area contributed by atoms with Crippen molar-refractivity contribution in [3.63, 3.8) is 0 Å². The summed E-state index contributed by atoms with van der Waals surface area (Å²) in [4.78, 5) is 18.3. The van der Waals surface area contributed by atoms with Crippen LogP contribution in [0, 0.1) is 0 Å². The van der Waals surface area contributed by atoms with Crippen LogP contribution in [0.1, 0.15) is 35.8 Å². The number of unbranched alkanes of at least 4 members (excludes halogenated alkanes) is 1. The highest BCUT2D eigenvalue weighted by Gasteiger charge is 2.12. The van der Waals surface area contributed by atoms with Gasteiger partial charge in [-0.2, -0.15) is 0 Å². The number of benzene rings is 1. The Morgan fingerprint density at radius 1 is 1.25 bits per heavy atom. The minimum Gasteiger partial charge on any atom is -0.385 e. The highest BCUT2D eigenvalue weighted by Crippen LogP contribution is 2.12. The fourth-order valence-corrected chi connectivity index (χ4v) is 2.48. The molecule has 0 saturated carbocycles. The molecule has 2 rings (SSSR count). The molecule has 0 aliphatic rings. The van der Waals surface area contributed by atoms with Gasteiger partial charge in [-0.15, -0.1) is 0 Å². The maximum atomic E-state index is 12.4. The van der Waals surface area contributed by atoms with E-state index in [1.54, 1.807) is 11.1 Å². The molecule has 0 bridgehead atoms. The van der Waals surface area contributed by atoms with Crippen LogP contribution < -0.4 is 5.32 Å². The van der Waals surface area contributed by atoms with Crippen LogP contribution >= 0.6 is 11.6 Å². The molecular weight excluding hydrogens is 322 g/mol. The molecule has 0 aliphatic heterocycles.